The van der Waals surface area contributed by atoms with Crippen LogP contribution in [-0.2, 0) is 4.74 Å². The molecule has 16 heavy (non-hydrogen) atoms. The first-order valence-corrected chi connectivity index (χ1v) is 6.63. The minimum Gasteiger partial charge on any atom is -0.384 e. The smallest absolute Gasteiger partial charge is 0.0989 e. The van der Waals surface area contributed by atoms with E-state index >= 15 is 0 Å². The maximum atomic E-state index is 8.24. The number of likely N-dealkylation sites (tertiary alicyclic amines) is 1. The van der Waals surface area contributed by atoms with Gasteiger partial charge in [0.15, 0.2) is 0 Å². The summed E-state index contributed by atoms with van der Waals surface area (Å²) in [6, 6.07) is 0. The van der Waals surface area contributed by atoms with Crippen molar-refractivity contribution < 1.29 is 4.74 Å². The van der Waals surface area contributed by atoms with Crippen molar-refractivity contribution in [2.24, 2.45) is 11.8 Å². The van der Waals surface area contributed by atoms with E-state index in [1.807, 2.05) is 0 Å². The molecule has 3 nitrogen and oxygen atoms in total. The fraction of sp³-hybridized carbons (Fsp3) is 0.923. The van der Waals surface area contributed by atoms with Gasteiger partial charge in [0.2, 0.25) is 0 Å². The number of rotatable bonds is 3. The topological polar surface area (TPSA) is 36.3 Å². The largest absolute Gasteiger partial charge is 0.384 e. The Bertz CT molecular complexity index is 228. The fourth-order valence-corrected chi connectivity index (χ4v) is 3.03. The number of nitrogens with zero attached hydrogens (tertiary/aromatic N) is 1. The third-order valence-corrected chi connectivity index (χ3v) is 4.10. The van der Waals surface area contributed by atoms with Crippen LogP contribution in [0, 0.1) is 17.2 Å². The molecule has 0 atom stereocenters. The number of amidine groups is 1. The Morgan fingerprint density at radius 2 is 1.81 bits per heavy atom. The molecule has 1 aliphatic heterocycles. The molecule has 3 heteroatoms. The molecule has 0 amide bonds. The van der Waals surface area contributed by atoms with Crippen LogP contribution in [0.3, 0.4) is 0 Å². The van der Waals surface area contributed by atoms with Gasteiger partial charge in [0, 0.05) is 32.7 Å². The average Bonchev–Trinajstić information content (AvgIpc) is 2.83. The molecule has 0 spiro atoms. The lowest BCUT2D eigenvalue weighted by atomic mass is 9.96. The first-order chi connectivity index (χ1) is 7.81. The lowest BCUT2D eigenvalue weighted by molar-refractivity contribution is 0.117. The zero-order valence-electron chi connectivity index (χ0n) is 10.4. The van der Waals surface area contributed by atoms with Gasteiger partial charge in [-0.1, -0.05) is 12.8 Å². The highest BCUT2D eigenvalue weighted by Crippen LogP contribution is 2.28. The second kappa shape index (κ2) is 5.67. The van der Waals surface area contributed by atoms with Crippen molar-refractivity contribution in [3.8, 4) is 0 Å². The van der Waals surface area contributed by atoms with Crippen molar-refractivity contribution in [3.63, 3.8) is 0 Å². The van der Waals surface area contributed by atoms with Gasteiger partial charge in [0.25, 0.3) is 0 Å². The minimum atomic E-state index is 0.568. The summed E-state index contributed by atoms with van der Waals surface area (Å²) >= 11 is 0. The molecule has 2 aliphatic rings. The molecule has 2 rings (SSSR count). The van der Waals surface area contributed by atoms with E-state index in [2.05, 4.69) is 4.90 Å². The second-order valence-electron chi connectivity index (χ2n) is 5.25. The van der Waals surface area contributed by atoms with E-state index in [0.717, 1.165) is 31.4 Å². The Kier molecular flexibility index (Phi) is 4.22. The summed E-state index contributed by atoms with van der Waals surface area (Å²) < 4.78 is 5.20. The Morgan fingerprint density at radius 3 is 2.38 bits per heavy atom. The normalized spacial score (nSPS) is 23.9. The van der Waals surface area contributed by atoms with Gasteiger partial charge in [0.1, 0.15) is 0 Å². The number of hydrogen-bond donors (Lipinski definition) is 1. The maximum Gasteiger partial charge on any atom is 0.0989 e. The van der Waals surface area contributed by atoms with Crippen LogP contribution >= 0.6 is 0 Å². The van der Waals surface area contributed by atoms with E-state index in [1.54, 1.807) is 7.11 Å². The zero-order valence-corrected chi connectivity index (χ0v) is 10.4. The lowest BCUT2D eigenvalue weighted by Crippen LogP contribution is -2.41. The first kappa shape index (κ1) is 11.9. The number of hydrogen-bond acceptors (Lipinski definition) is 2. The van der Waals surface area contributed by atoms with Crippen molar-refractivity contribution in [1.29, 1.82) is 5.41 Å². The maximum absolute atomic E-state index is 8.24. The molecular formula is C13H24N2O. The van der Waals surface area contributed by atoms with E-state index in [4.69, 9.17) is 10.1 Å². The molecule has 0 aromatic heterocycles. The van der Waals surface area contributed by atoms with Gasteiger partial charge >= 0.3 is 0 Å². The molecule has 1 N–H and O–H groups in total. The summed E-state index contributed by atoms with van der Waals surface area (Å²) in [6.07, 6.45) is 7.54. The van der Waals surface area contributed by atoms with E-state index in [1.165, 1.54) is 38.5 Å². The van der Waals surface area contributed by atoms with Gasteiger partial charge in [-0.25, -0.2) is 0 Å². The molecule has 1 heterocycles. The van der Waals surface area contributed by atoms with Crippen molar-refractivity contribution in [1.82, 2.24) is 4.90 Å². The summed E-state index contributed by atoms with van der Waals surface area (Å²) in [7, 11) is 1.78. The lowest BCUT2D eigenvalue weighted by Gasteiger charge is -2.35. The predicted octanol–water partition coefficient (Wildman–Crippen LogP) is 2.51. The van der Waals surface area contributed by atoms with Crippen molar-refractivity contribution in [3.05, 3.63) is 0 Å². The summed E-state index contributed by atoms with van der Waals surface area (Å²) in [5.74, 6) is 2.21. The quantitative estimate of drug-likeness (QED) is 0.590. The standard InChI is InChI=1S/C13H24N2O/c1-16-10-11-6-8-15(9-7-11)13(14)12-4-2-3-5-12/h11-12,14H,2-10H2,1H3. The minimum absolute atomic E-state index is 0.568. The second-order valence-corrected chi connectivity index (χ2v) is 5.25. The summed E-state index contributed by atoms with van der Waals surface area (Å²) in [5.41, 5.74) is 0. The van der Waals surface area contributed by atoms with E-state index < -0.39 is 0 Å². The van der Waals surface area contributed by atoms with Gasteiger partial charge < -0.3 is 9.64 Å². The number of piperidine rings is 1. The molecule has 92 valence electrons. The van der Waals surface area contributed by atoms with Crippen LogP contribution in [0.2, 0.25) is 0 Å². The highest BCUT2D eigenvalue weighted by molar-refractivity contribution is 5.82. The van der Waals surface area contributed by atoms with Crippen LogP contribution in [0.1, 0.15) is 38.5 Å². The van der Waals surface area contributed by atoms with Crippen LogP contribution in [-0.4, -0.2) is 37.5 Å². The zero-order chi connectivity index (χ0) is 11.4. The summed E-state index contributed by atoms with van der Waals surface area (Å²) in [5, 5.41) is 8.24. The highest BCUT2D eigenvalue weighted by atomic mass is 16.5. The number of nitrogens with one attached hydrogen (secondary N) is 1. The van der Waals surface area contributed by atoms with Gasteiger partial charge in [-0.3, -0.25) is 5.41 Å². The molecule has 0 aromatic carbocycles. The predicted molar refractivity (Wildman–Crippen MR) is 65.9 cm³/mol. The number of methoxy groups -OCH3 is 1. The van der Waals surface area contributed by atoms with Crippen LogP contribution in [0.5, 0.6) is 0 Å². The third-order valence-electron chi connectivity index (χ3n) is 4.10. The van der Waals surface area contributed by atoms with Crippen molar-refractivity contribution in [2.75, 3.05) is 26.8 Å². The Morgan fingerprint density at radius 1 is 1.19 bits per heavy atom. The van der Waals surface area contributed by atoms with Crippen molar-refractivity contribution >= 4 is 5.84 Å². The highest BCUT2D eigenvalue weighted by Gasteiger charge is 2.27. The van der Waals surface area contributed by atoms with E-state index in [9.17, 15) is 0 Å². The Hall–Kier alpha value is -0.570. The first-order valence-electron chi connectivity index (χ1n) is 6.63. The van der Waals surface area contributed by atoms with Crippen LogP contribution in [0.4, 0.5) is 0 Å². The third kappa shape index (κ3) is 2.76. The molecule has 0 bridgehead atoms. The summed E-state index contributed by atoms with van der Waals surface area (Å²) in [6.45, 7) is 3.04. The van der Waals surface area contributed by atoms with Gasteiger partial charge in [-0.2, -0.15) is 0 Å². The molecule has 2 fully saturated rings. The van der Waals surface area contributed by atoms with Gasteiger partial charge in [-0.15, -0.1) is 0 Å². The van der Waals surface area contributed by atoms with Gasteiger partial charge in [-0.05, 0) is 31.6 Å². The Labute approximate surface area is 98.7 Å². The van der Waals surface area contributed by atoms with Crippen LogP contribution in [0.25, 0.3) is 0 Å². The van der Waals surface area contributed by atoms with Crippen molar-refractivity contribution in [2.45, 2.75) is 38.5 Å². The monoisotopic (exact) mass is 224 g/mol. The molecule has 1 saturated heterocycles. The summed E-state index contributed by atoms with van der Waals surface area (Å²) in [4.78, 5) is 2.31. The molecule has 0 radical (unpaired) electrons. The molecule has 1 saturated carbocycles. The van der Waals surface area contributed by atoms with Crippen LogP contribution < -0.4 is 0 Å². The molecule has 0 unspecified atom stereocenters. The molecule has 0 aromatic rings. The number of ether oxygens (including phenoxy) is 1. The molecule has 1 aliphatic carbocycles. The van der Waals surface area contributed by atoms with E-state index in [-0.39, 0.29) is 0 Å². The van der Waals surface area contributed by atoms with Crippen LogP contribution in [0.15, 0.2) is 0 Å². The fourth-order valence-electron chi connectivity index (χ4n) is 3.03. The van der Waals surface area contributed by atoms with Gasteiger partial charge in [0.05, 0.1) is 5.84 Å². The Balaban J connectivity index is 1.77. The average molecular weight is 224 g/mol. The molecular weight excluding hydrogens is 200 g/mol. The SMILES string of the molecule is COCC1CCN(C(=N)C2CCCC2)CC1. The van der Waals surface area contributed by atoms with E-state index in [0.29, 0.717) is 5.92 Å².